The SMILES string of the molecule is O=C(CN1CCN(C(=O)NCc2cccc(O)c2)CC1)N1CCCC1. The van der Waals surface area contributed by atoms with Crippen LogP contribution in [-0.2, 0) is 11.3 Å². The Labute approximate surface area is 148 Å². The van der Waals surface area contributed by atoms with Gasteiger partial charge in [0.15, 0.2) is 0 Å². The third-order valence-electron chi connectivity index (χ3n) is 4.83. The lowest BCUT2D eigenvalue weighted by Crippen LogP contribution is -2.53. The Balaban J connectivity index is 1.39. The first-order valence-corrected chi connectivity index (χ1v) is 8.92. The van der Waals surface area contributed by atoms with E-state index in [9.17, 15) is 14.7 Å². The summed E-state index contributed by atoms with van der Waals surface area (Å²) in [6.07, 6.45) is 2.22. The number of hydrogen-bond donors (Lipinski definition) is 2. The van der Waals surface area contributed by atoms with Crippen LogP contribution in [-0.4, -0.2) is 77.6 Å². The topological polar surface area (TPSA) is 76.1 Å². The van der Waals surface area contributed by atoms with Crippen molar-refractivity contribution in [2.75, 3.05) is 45.8 Å². The van der Waals surface area contributed by atoms with Crippen molar-refractivity contribution in [3.8, 4) is 5.75 Å². The van der Waals surface area contributed by atoms with Crippen LogP contribution < -0.4 is 5.32 Å². The van der Waals surface area contributed by atoms with Gasteiger partial charge in [0, 0.05) is 45.8 Å². The average molecular weight is 346 g/mol. The number of rotatable bonds is 4. The molecule has 0 atom stereocenters. The molecule has 0 aromatic heterocycles. The van der Waals surface area contributed by atoms with Crippen molar-refractivity contribution in [1.82, 2.24) is 20.0 Å². The number of carbonyl (C=O) groups is 2. The molecular weight excluding hydrogens is 320 g/mol. The van der Waals surface area contributed by atoms with E-state index in [1.54, 1.807) is 23.1 Å². The number of hydrogen-bond acceptors (Lipinski definition) is 4. The molecule has 0 radical (unpaired) electrons. The minimum Gasteiger partial charge on any atom is -0.508 e. The fraction of sp³-hybridized carbons (Fsp3) is 0.556. The number of phenolic OH excluding ortho intramolecular Hbond substituents is 1. The summed E-state index contributed by atoms with van der Waals surface area (Å²) < 4.78 is 0. The van der Waals surface area contributed by atoms with Crippen molar-refractivity contribution in [3.05, 3.63) is 29.8 Å². The number of amides is 3. The highest BCUT2D eigenvalue weighted by Crippen LogP contribution is 2.11. The number of phenols is 1. The molecule has 0 spiro atoms. The number of likely N-dealkylation sites (tertiary alicyclic amines) is 1. The van der Waals surface area contributed by atoms with Crippen LogP contribution in [0, 0.1) is 0 Å². The predicted molar refractivity (Wildman–Crippen MR) is 94.2 cm³/mol. The fourth-order valence-corrected chi connectivity index (χ4v) is 3.32. The van der Waals surface area contributed by atoms with E-state index >= 15 is 0 Å². The lowest BCUT2D eigenvalue weighted by molar-refractivity contribution is -0.131. The summed E-state index contributed by atoms with van der Waals surface area (Å²) in [5.74, 6) is 0.405. The van der Waals surface area contributed by atoms with Crippen LogP contribution in [0.2, 0.25) is 0 Å². The van der Waals surface area contributed by atoms with E-state index in [-0.39, 0.29) is 17.7 Å². The Bertz CT molecular complexity index is 608. The highest BCUT2D eigenvalue weighted by Gasteiger charge is 2.25. The maximum atomic E-state index is 12.3. The normalized spacial score (nSPS) is 18.4. The quantitative estimate of drug-likeness (QED) is 0.847. The number of aromatic hydroxyl groups is 1. The maximum Gasteiger partial charge on any atom is 0.317 e. The van der Waals surface area contributed by atoms with E-state index in [1.807, 2.05) is 11.0 Å². The van der Waals surface area contributed by atoms with Gasteiger partial charge in [0.2, 0.25) is 5.91 Å². The van der Waals surface area contributed by atoms with E-state index in [0.29, 0.717) is 26.2 Å². The summed E-state index contributed by atoms with van der Waals surface area (Å²) in [4.78, 5) is 30.3. The van der Waals surface area contributed by atoms with Crippen LogP contribution in [0.15, 0.2) is 24.3 Å². The first-order chi connectivity index (χ1) is 12.1. The summed E-state index contributed by atoms with van der Waals surface area (Å²) in [6.45, 7) is 5.31. The molecule has 3 amide bonds. The van der Waals surface area contributed by atoms with Crippen molar-refractivity contribution in [2.24, 2.45) is 0 Å². The molecule has 3 rings (SSSR count). The number of urea groups is 1. The second-order valence-electron chi connectivity index (χ2n) is 6.68. The number of benzene rings is 1. The number of nitrogens with zero attached hydrogens (tertiary/aromatic N) is 3. The Hall–Kier alpha value is -2.28. The van der Waals surface area contributed by atoms with E-state index < -0.39 is 0 Å². The molecule has 7 nitrogen and oxygen atoms in total. The highest BCUT2D eigenvalue weighted by molar-refractivity contribution is 5.78. The van der Waals surface area contributed by atoms with Gasteiger partial charge in [-0.1, -0.05) is 12.1 Å². The van der Waals surface area contributed by atoms with E-state index in [0.717, 1.165) is 44.6 Å². The molecule has 7 heteroatoms. The number of carbonyl (C=O) groups excluding carboxylic acids is 2. The van der Waals surface area contributed by atoms with Crippen LogP contribution in [0.1, 0.15) is 18.4 Å². The molecule has 1 aromatic carbocycles. The van der Waals surface area contributed by atoms with Crippen molar-refractivity contribution in [2.45, 2.75) is 19.4 Å². The fourth-order valence-electron chi connectivity index (χ4n) is 3.32. The molecule has 2 N–H and O–H groups in total. The zero-order valence-electron chi connectivity index (χ0n) is 14.5. The number of nitrogens with one attached hydrogen (secondary N) is 1. The molecule has 0 saturated carbocycles. The minimum atomic E-state index is -0.103. The molecule has 0 bridgehead atoms. The molecule has 2 heterocycles. The first kappa shape index (κ1) is 17.5. The van der Waals surface area contributed by atoms with Gasteiger partial charge in [0.05, 0.1) is 6.54 Å². The van der Waals surface area contributed by atoms with E-state index in [4.69, 9.17) is 0 Å². The summed E-state index contributed by atoms with van der Waals surface area (Å²) in [6, 6.07) is 6.76. The molecule has 25 heavy (non-hydrogen) atoms. The van der Waals surface area contributed by atoms with E-state index in [1.165, 1.54) is 0 Å². The monoisotopic (exact) mass is 346 g/mol. The van der Waals surface area contributed by atoms with Gasteiger partial charge in [0.25, 0.3) is 0 Å². The molecule has 2 fully saturated rings. The predicted octanol–water partition coefficient (Wildman–Crippen LogP) is 0.842. The Kier molecular flexibility index (Phi) is 5.75. The van der Waals surface area contributed by atoms with Crippen molar-refractivity contribution in [1.29, 1.82) is 0 Å². The van der Waals surface area contributed by atoms with Crippen LogP contribution >= 0.6 is 0 Å². The summed E-state index contributed by atoms with van der Waals surface area (Å²) in [7, 11) is 0. The van der Waals surface area contributed by atoms with Crippen LogP contribution in [0.4, 0.5) is 4.79 Å². The highest BCUT2D eigenvalue weighted by atomic mass is 16.3. The summed E-state index contributed by atoms with van der Waals surface area (Å²) >= 11 is 0. The third kappa shape index (κ3) is 4.85. The van der Waals surface area contributed by atoms with Crippen molar-refractivity contribution in [3.63, 3.8) is 0 Å². The molecule has 2 aliphatic heterocycles. The second kappa shape index (κ2) is 8.20. The van der Waals surface area contributed by atoms with Crippen LogP contribution in [0.3, 0.4) is 0 Å². The van der Waals surface area contributed by atoms with E-state index in [2.05, 4.69) is 10.2 Å². The molecule has 0 unspecified atom stereocenters. The molecular formula is C18H26N4O3. The van der Waals surface area contributed by atoms with Crippen molar-refractivity contribution >= 4 is 11.9 Å². The maximum absolute atomic E-state index is 12.3. The lowest BCUT2D eigenvalue weighted by atomic mass is 10.2. The van der Waals surface area contributed by atoms with Crippen LogP contribution in [0.25, 0.3) is 0 Å². The van der Waals surface area contributed by atoms with Gasteiger partial charge in [-0.05, 0) is 30.5 Å². The zero-order valence-corrected chi connectivity index (χ0v) is 14.5. The van der Waals surface area contributed by atoms with Crippen LogP contribution in [0.5, 0.6) is 5.75 Å². The van der Waals surface area contributed by atoms with Gasteiger partial charge < -0.3 is 20.2 Å². The van der Waals surface area contributed by atoms with Gasteiger partial charge >= 0.3 is 6.03 Å². The van der Waals surface area contributed by atoms with Gasteiger partial charge in [-0.3, -0.25) is 9.69 Å². The average Bonchev–Trinajstić information content (AvgIpc) is 3.15. The zero-order chi connectivity index (χ0) is 17.6. The largest absolute Gasteiger partial charge is 0.508 e. The molecule has 1 aromatic rings. The summed E-state index contributed by atoms with van der Waals surface area (Å²) in [5, 5.41) is 12.3. The number of piperazine rings is 1. The van der Waals surface area contributed by atoms with Gasteiger partial charge in [-0.2, -0.15) is 0 Å². The van der Waals surface area contributed by atoms with Gasteiger partial charge in [0.1, 0.15) is 5.75 Å². The molecule has 136 valence electrons. The summed E-state index contributed by atoms with van der Waals surface area (Å²) in [5.41, 5.74) is 0.864. The Morgan fingerprint density at radius 1 is 1.00 bits per heavy atom. The van der Waals surface area contributed by atoms with Gasteiger partial charge in [-0.15, -0.1) is 0 Å². The minimum absolute atomic E-state index is 0.103. The smallest absolute Gasteiger partial charge is 0.317 e. The lowest BCUT2D eigenvalue weighted by Gasteiger charge is -2.35. The Morgan fingerprint density at radius 3 is 2.40 bits per heavy atom. The second-order valence-corrected chi connectivity index (χ2v) is 6.68. The molecule has 2 saturated heterocycles. The standard InChI is InChI=1S/C18H26N4O3/c23-16-5-3-4-15(12-16)13-19-18(25)22-10-8-20(9-11-22)14-17(24)21-6-1-2-7-21/h3-5,12,23H,1-2,6-11,13-14H2,(H,19,25). The Morgan fingerprint density at radius 2 is 1.72 bits per heavy atom. The first-order valence-electron chi connectivity index (χ1n) is 8.92. The van der Waals surface area contributed by atoms with Gasteiger partial charge in [-0.25, -0.2) is 4.79 Å². The third-order valence-corrected chi connectivity index (χ3v) is 4.83. The molecule has 2 aliphatic rings. The molecule has 0 aliphatic carbocycles. The van der Waals surface area contributed by atoms with Crippen molar-refractivity contribution < 1.29 is 14.7 Å².